The number of ether oxygens (including phenoxy) is 1. The van der Waals surface area contributed by atoms with E-state index < -0.39 is 0 Å². The van der Waals surface area contributed by atoms with Gasteiger partial charge in [0.2, 0.25) is 0 Å². The molecule has 0 aliphatic carbocycles. The zero-order valence-corrected chi connectivity index (χ0v) is 11.1. The van der Waals surface area contributed by atoms with Crippen LogP contribution in [-0.2, 0) is 4.79 Å². The van der Waals surface area contributed by atoms with Gasteiger partial charge in [-0.1, -0.05) is 0 Å². The SMILES string of the molecule is O=CCN1CCC[C@@H](Oc2cncc(Br)c2)C1. The normalized spacial score (nSPS) is 21.1. The van der Waals surface area contributed by atoms with Crippen LogP contribution in [0.5, 0.6) is 5.75 Å². The molecule has 0 saturated carbocycles. The molecule has 0 aromatic carbocycles. The maximum atomic E-state index is 10.5. The lowest BCUT2D eigenvalue weighted by molar-refractivity contribution is -0.109. The first-order chi connectivity index (χ1) is 8.28. The lowest BCUT2D eigenvalue weighted by Gasteiger charge is -2.31. The van der Waals surface area contributed by atoms with Crippen LogP contribution in [0.15, 0.2) is 22.9 Å². The summed E-state index contributed by atoms with van der Waals surface area (Å²) in [5, 5.41) is 0. The Morgan fingerprint density at radius 2 is 2.47 bits per heavy atom. The van der Waals surface area contributed by atoms with Gasteiger partial charge in [-0.05, 0) is 41.4 Å². The van der Waals surface area contributed by atoms with Crippen molar-refractivity contribution < 1.29 is 9.53 Å². The van der Waals surface area contributed by atoms with Crippen molar-refractivity contribution in [2.45, 2.75) is 18.9 Å². The standard InChI is InChI=1S/C12H15BrN2O2/c13-10-6-12(8-14-7-10)17-11-2-1-3-15(9-11)4-5-16/h5-8,11H,1-4,9H2/t11-/m1/s1. The number of rotatable bonds is 4. The van der Waals surface area contributed by atoms with Crippen LogP contribution in [-0.4, -0.2) is 41.9 Å². The first-order valence-corrected chi connectivity index (χ1v) is 6.50. The molecule has 92 valence electrons. The number of carbonyl (C=O) groups excluding carboxylic acids is 1. The van der Waals surface area contributed by atoms with E-state index in [0.717, 1.165) is 42.4 Å². The summed E-state index contributed by atoms with van der Waals surface area (Å²) in [6.07, 6.45) is 6.64. The Kier molecular flexibility index (Phi) is 4.50. The number of pyridine rings is 1. The minimum absolute atomic E-state index is 0.153. The van der Waals surface area contributed by atoms with Gasteiger partial charge in [-0.3, -0.25) is 9.88 Å². The summed E-state index contributed by atoms with van der Waals surface area (Å²) in [5.74, 6) is 0.775. The molecule has 1 aliphatic rings. The first-order valence-electron chi connectivity index (χ1n) is 5.71. The number of aldehydes is 1. The van der Waals surface area contributed by atoms with E-state index in [0.29, 0.717) is 6.54 Å². The Labute approximate surface area is 109 Å². The van der Waals surface area contributed by atoms with E-state index in [1.807, 2.05) is 6.07 Å². The van der Waals surface area contributed by atoms with Crippen LogP contribution in [0.4, 0.5) is 0 Å². The third-order valence-electron chi connectivity index (χ3n) is 2.78. The van der Waals surface area contributed by atoms with Crippen LogP contribution in [0.2, 0.25) is 0 Å². The van der Waals surface area contributed by atoms with Gasteiger partial charge in [-0.15, -0.1) is 0 Å². The molecule has 4 nitrogen and oxygen atoms in total. The quantitative estimate of drug-likeness (QED) is 0.796. The number of nitrogens with zero attached hydrogens (tertiary/aromatic N) is 2. The van der Waals surface area contributed by atoms with Gasteiger partial charge in [0.15, 0.2) is 0 Å². The predicted octanol–water partition coefficient (Wildman–Crippen LogP) is 1.89. The number of likely N-dealkylation sites (tertiary alicyclic amines) is 1. The second-order valence-electron chi connectivity index (χ2n) is 4.15. The Morgan fingerprint density at radius 1 is 1.59 bits per heavy atom. The summed E-state index contributed by atoms with van der Waals surface area (Å²) in [7, 11) is 0. The van der Waals surface area contributed by atoms with Crippen LogP contribution >= 0.6 is 15.9 Å². The maximum Gasteiger partial charge on any atom is 0.139 e. The molecule has 1 fully saturated rings. The zero-order valence-electron chi connectivity index (χ0n) is 9.51. The van der Waals surface area contributed by atoms with Gasteiger partial charge in [0.05, 0.1) is 12.7 Å². The summed E-state index contributed by atoms with van der Waals surface area (Å²) in [5.41, 5.74) is 0. The average Bonchev–Trinajstić information content (AvgIpc) is 2.30. The Balaban J connectivity index is 1.92. The highest BCUT2D eigenvalue weighted by atomic mass is 79.9. The Morgan fingerprint density at radius 3 is 3.24 bits per heavy atom. The molecule has 1 aromatic heterocycles. The van der Waals surface area contributed by atoms with Crippen molar-refractivity contribution in [3.63, 3.8) is 0 Å². The third-order valence-corrected chi connectivity index (χ3v) is 3.21. The lowest BCUT2D eigenvalue weighted by Crippen LogP contribution is -2.41. The molecule has 0 unspecified atom stereocenters. The molecule has 2 rings (SSSR count). The molecule has 0 N–H and O–H groups in total. The van der Waals surface area contributed by atoms with Gasteiger partial charge in [0, 0.05) is 17.2 Å². The van der Waals surface area contributed by atoms with Gasteiger partial charge in [-0.25, -0.2) is 0 Å². The van der Waals surface area contributed by atoms with Crippen molar-refractivity contribution in [1.82, 2.24) is 9.88 Å². The molecule has 0 spiro atoms. The second-order valence-corrected chi connectivity index (χ2v) is 5.06. The molecule has 5 heteroatoms. The smallest absolute Gasteiger partial charge is 0.139 e. The van der Waals surface area contributed by atoms with Crippen molar-refractivity contribution in [3.05, 3.63) is 22.9 Å². The molecule has 2 heterocycles. The van der Waals surface area contributed by atoms with E-state index >= 15 is 0 Å². The van der Waals surface area contributed by atoms with E-state index in [4.69, 9.17) is 4.74 Å². The summed E-state index contributed by atoms with van der Waals surface area (Å²) in [6, 6.07) is 1.91. The third kappa shape index (κ3) is 3.78. The summed E-state index contributed by atoms with van der Waals surface area (Å²) in [4.78, 5) is 16.7. The van der Waals surface area contributed by atoms with E-state index in [1.54, 1.807) is 12.4 Å². The Bertz CT molecular complexity index is 387. The van der Waals surface area contributed by atoms with Crippen LogP contribution < -0.4 is 4.74 Å². The largest absolute Gasteiger partial charge is 0.487 e. The molecule has 0 bridgehead atoms. The molecule has 0 amide bonds. The van der Waals surface area contributed by atoms with Crippen molar-refractivity contribution in [1.29, 1.82) is 0 Å². The summed E-state index contributed by atoms with van der Waals surface area (Å²) in [6.45, 7) is 2.29. The molecular weight excluding hydrogens is 284 g/mol. The number of hydrogen-bond acceptors (Lipinski definition) is 4. The minimum atomic E-state index is 0.153. The van der Waals surface area contributed by atoms with E-state index in [2.05, 4.69) is 25.8 Å². The van der Waals surface area contributed by atoms with Crippen molar-refractivity contribution in [2.24, 2.45) is 0 Å². The fourth-order valence-electron chi connectivity index (χ4n) is 2.03. The first kappa shape index (κ1) is 12.5. The molecule has 0 radical (unpaired) electrons. The van der Waals surface area contributed by atoms with E-state index in [9.17, 15) is 4.79 Å². The highest BCUT2D eigenvalue weighted by Crippen LogP contribution is 2.20. The molecule has 1 aromatic rings. The molecule has 1 atom stereocenters. The minimum Gasteiger partial charge on any atom is -0.487 e. The lowest BCUT2D eigenvalue weighted by atomic mass is 10.1. The average molecular weight is 299 g/mol. The fraction of sp³-hybridized carbons (Fsp3) is 0.500. The van der Waals surface area contributed by atoms with Crippen molar-refractivity contribution >= 4 is 22.2 Å². The van der Waals surface area contributed by atoms with Crippen LogP contribution in [0.25, 0.3) is 0 Å². The van der Waals surface area contributed by atoms with Gasteiger partial charge < -0.3 is 9.53 Å². The predicted molar refractivity (Wildman–Crippen MR) is 68.1 cm³/mol. The number of carbonyl (C=O) groups is 1. The van der Waals surface area contributed by atoms with Gasteiger partial charge in [-0.2, -0.15) is 0 Å². The zero-order chi connectivity index (χ0) is 12.1. The number of piperidine rings is 1. The number of hydrogen-bond donors (Lipinski definition) is 0. The maximum absolute atomic E-state index is 10.5. The highest BCUT2D eigenvalue weighted by Gasteiger charge is 2.20. The van der Waals surface area contributed by atoms with Crippen molar-refractivity contribution in [2.75, 3.05) is 19.6 Å². The van der Waals surface area contributed by atoms with Crippen LogP contribution in [0.3, 0.4) is 0 Å². The topological polar surface area (TPSA) is 42.4 Å². The summed E-state index contributed by atoms with van der Waals surface area (Å²) < 4.78 is 6.78. The van der Waals surface area contributed by atoms with Crippen LogP contribution in [0.1, 0.15) is 12.8 Å². The van der Waals surface area contributed by atoms with E-state index in [-0.39, 0.29) is 6.10 Å². The van der Waals surface area contributed by atoms with Gasteiger partial charge in [0.1, 0.15) is 18.1 Å². The monoisotopic (exact) mass is 298 g/mol. The highest BCUT2D eigenvalue weighted by molar-refractivity contribution is 9.10. The fourth-order valence-corrected chi connectivity index (χ4v) is 2.37. The molecular formula is C12H15BrN2O2. The molecule has 1 saturated heterocycles. The summed E-state index contributed by atoms with van der Waals surface area (Å²) >= 11 is 3.36. The molecule has 1 aliphatic heterocycles. The number of aromatic nitrogens is 1. The molecule has 17 heavy (non-hydrogen) atoms. The van der Waals surface area contributed by atoms with Gasteiger partial charge >= 0.3 is 0 Å². The Hall–Kier alpha value is -0.940. The number of halogens is 1. The van der Waals surface area contributed by atoms with Crippen LogP contribution in [0, 0.1) is 0 Å². The van der Waals surface area contributed by atoms with Crippen molar-refractivity contribution in [3.8, 4) is 5.75 Å². The van der Waals surface area contributed by atoms with E-state index in [1.165, 1.54) is 0 Å². The van der Waals surface area contributed by atoms with Gasteiger partial charge in [0.25, 0.3) is 0 Å². The second kappa shape index (κ2) is 6.12.